The Balaban J connectivity index is 1.89. The smallest absolute Gasteiger partial charge is 0.346 e. The summed E-state index contributed by atoms with van der Waals surface area (Å²) in [7, 11) is 0. The standard InChI is InChI=1S/C21H31ClO2S/c1-3-8-18-14-19(20(25-18)21(23)24)16(4-2)10-7-5-6-9-15-11-12-17(22)13-15/h6,9,14-17H,3-5,7-8,10-13H2,1-2H3,(H,23,24)/b9-6+/t15-,16?,17+/m0/s1. The molecule has 1 N–H and O–H groups in total. The number of aryl methyl sites for hydroxylation is 1. The quantitative estimate of drug-likeness (QED) is 0.268. The van der Waals surface area contributed by atoms with Gasteiger partial charge >= 0.3 is 5.97 Å². The SMILES string of the molecule is CCCc1cc(C(CC)CCC/C=C/[C@H]2CC[C@@H](Cl)C2)c(C(=O)O)s1. The Kier molecular flexibility index (Phi) is 8.51. The summed E-state index contributed by atoms with van der Waals surface area (Å²) in [5.41, 5.74) is 1.06. The predicted octanol–water partition coefficient (Wildman–Crippen LogP) is 7.03. The molecule has 1 aliphatic rings. The van der Waals surface area contributed by atoms with Crippen molar-refractivity contribution < 1.29 is 9.90 Å². The van der Waals surface area contributed by atoms with Crippen LogP contribution in [0.25, 0.3) is 0 Å². The Labute approximate surface area is 161 Å². The Hall–Kier alpha value is -0.800. The van der Waals surface area contributed by atoms with Gasteiger partial charge in [-0.25, -0.2) is 4.79 Å². The van der Waals surface area contributed by atoms with E-state index in [2.05, 4.69) is 32.1 Å². The van der Waals surface area contributed by atoms with Crippen LogP contribution >= 0.6 is 22.9 Å². The average Bonchev–Trinajstić information content (AvgIpc) is 3.18. The van der Waals surface area contributed by atoms with Crippen molar-refractivity contribution in [1.82, 2.24) is 0 Å². The monoisotopic (exact) mass is 382 g/mol. The first-order valence-corrected chi connectivity index (χ1v) is 11.0. The summed E-state index contributed by atoms with van der Waals surface area (Å²) in [6.45, 7) is 4.31. The van der Waals surface area contributed by atoms with E-state index >= 15 is 0 Å². The highest BCUT2D eigenvalue weighted by molar-refractivity contribution is 7.14. The van der Waals surface area contributed by atoms with E-state index in [1.54, 1.807) is 0 Å². The Morgan fingerprint density at radius 3 is 2.84 bits per heavy atom. The third-order valence-corrected chi connectivity index (χ3v) is 6.77. The largest absolute Gasteiger partial charge is 0.477 e. The van der Waals surface area contributed by atoms with Gasteiger partial charge in [-0.3, -0.25) is 0 Å². The van der Waals surface area contributed by atoms with Gasteiger partial charge in [-0.05, 0) is 74.8 Å². The number of allylic oxidation sites excluding steroid dienone is 2. The molecule has 2 nitrogen and oxygen atoms in total. The molecule has 0 saturated heterocycles. The minimum absolute atomic E-state index is 0.361. The minimum Gasteiger partial charge on any atom is -0.477 e. The number of rotatable bonds is 10. The second kappa shape index (κ2) is 10.4. The van der Waals surface area contributed by atoms with Gasteiger partial charge in [0.2, 0.25) is 0 Å². The number of carboxylic acids is 1. The number of thiophene rings is 1. The molecule has 0 aromatic carbocycles. The fraction of sp³-hybridized carbons (Fsp3) is 0.667. The number of carbonyl (C=O) groups is 1. The van der Waals surface area contributed by atoms with Crippen molar-refractivity contribution in [2.45, 2.75) is 82.9 Å². The molecule has 0 spiro atoms. The molecule has 2 rings (SSSR count). The van der Waals surface area contributed by atoms with E-state index in [4.69, 9.17) is 11.6 Å². The van der Waals surface area contributed by atoms with Crippen LogP contribution in [0.15, 0.2) is 18.2 Å². The van der Waals surface area contributed by atoms with E-state index in [9.17, 15) is 9.90 Å². The topological polar surface area (TPSA) is 37.3 Å². The van der Waals surface area contributed by atoms with Crippen LogP contribution in [0.3, 0.4) is 0 Å². The number of hydrogen-bond donors (Lipinski definition) is 1. The van der Waals surface area contributed by atoms with Crippen molar-refractivity contribution in [3.8, 4) is 0 Å². The molecule has 0 radical (unpaired) electrons. The third-order valence-electron chi connectivity index (χ3n) is 5.18. The number of unbranched alkanes of at least 4 members (excludes halogenated alkanes) is 1. The van der Waals surface area contributed by atoms with Crippen LogP contribution in [0.1, 0.15) is 91.2 Å². The summed E-state index contributed by atoms with van der Waals surface area (Å²) in [6.07, 6.45) is 14.4. The van der Waals surface area contributed by atoms with Crippen LogP contribution < -0.4 is 0 Å². The number of aromatic carboxylic acids is 1. The zero-order chi connectivity index (χ0) is 18.2. The number of hydrogen-bond acceptors (Lipinski definition) is 2. The van der Waals surface area contributed by atoms with Gasteiger partial charge in [0, 0.05) is 10.3 Å². The van der Waals surface area contributed by atoms with Crippen LogP contribution in [-0.4, -0.2) is 16.5 Å². The van der Waals surface area contributed by atoms with Gasteiger partial charge in [-0.1, -0.05) is 32.4 Å². The lowest BCUT2D eigenvalue weighted by atomic mass is 9.91. The van der Waals surface area contributed by atoms with Crippen LogP contribution in [0.5, 0.6) is 0 Å². The lowest BCUT2D eigenvalue weighted by molar-refractivity contribution is 0.0700. The van der Waals surface area contributed by atoms with Gasteiger partial charge in [-0.2, -0.15) is 0 Å². The van der Waals surface area contributed by atoms with Gasteiger partial charge in [0.15, 0.2) is 0 Å². The van der Waals surface area contributed by atoms with Crippen molar-refractivity contribution in [3.63, 3.8) is 0 Å². The number of alkyl halides is 1. The maximum atomic E-state index is 11.6. The highest BCUT2D eigenvalue weighted by Gasteiger charge is 2.22. The van der Waals surface area contributed by atoms with Crippen molar-refractivity contribution in [2.75, 3.05) is 0 Å². The van der Waals surface area contributed by atoms with Gasteiger partial charge < -0.3 is 5.11 Å². The van der Waals surface area contributed by atoms with Crippen LogP contribution in [0.4, 0.5) is 0 Å². The summed E-state index contributed by atoms with van der Waals surface area (Å²) < 4.78 is 0. The van der Waals surface area contributed by atoms with E-state index in [1.807, 2.05) is 0 Å². The first-order chi connectivity index (χ1) is 12.0. The van der Waals surface area contributed by atoms with Gasteiger partial charge in [0.1, 0.15) is 4.88 Å². The fourth-order valence-electron chi connectivity index (χ4n) is 3.78. The van der Waals surface area contributed by atoms with Crippen molar-refractivity contribution in [3.05, 3.63) is 33.5 Å². The maximum Gasteiger partial charge on any atom is 0.346 e. The van der Waals surface area contributed by atoms with E-state index < -0.39 is 5.97 Å². The van der Waals surface area contributed by atoms with E-state index in [0.29, 0.717) is 22.1 Å². The first-order valence-electron chi connectivity index (χ1n) is 9.71. The summed E-state index contributed by atoms with van der Waals surface area (Å²) >= 11 is 7.63. The molecule has 1 unspecified atom stereocenters. The summed E-state index contributed by atoms with van der Waals surface area (Å²) in [5, 5.41) is 9.90. The summed E-state index contributed by atoms with van der Waals surface area (Å²) in [5.74, 6) is 0.259. The molecule has 25 heavy (non-hydrogen) atoms. The van der Waals surface area contributed by atoms with Crippen LogP contribution in [-0.2, 0) is 6.42 Å². The molecule has 4 heteroatoms. The zero-order valence-electron chi connectivity index (χ0n) is 15.5. The van der Waals surface area contributed by atoms with E-state index in [0.717, 1.165) is 56.9 Å². The van der Waals surface area contributed by atoms with Crippen LogP contribution in [0.2, 0.25) is 0 Å². The van der Waals surface area contributed by atoms with Crippen LogP contribution in [0, 0.1) is 5.92 Å². The maximum absolute atomic E-state index is 11.6. The molecule has 1 aliphatic carbocycles. The minimum atomic E-state index is -0.766. The molecule has 1 saturated carbocycles. The fourth-order valence-corrected chi connectivity index (χ4v) is 5.32. The molecule has 3 atom stereocenters. The number of halogens is 1. The summed E-state index contributed by atoms with van der Waals surface area (Å²) in [4.78, 5) is 13.4. The molecule has 0 aliphatic heterocycles. The highest BCUT2D eigenvalue weighted by Crippen LogP contribution is 2.35. The first kappa shape index (κ1) is 20.5. The zero-order valence-corrected chi connectivity index (χ0v) is 17.0. The second-order valence-electron chi connectivity index (χ2n) is 7.19. The van der Waals surface area contributed by atoms with Gasteiger partial charge in [-0.15, -0.1) is 22.9 Å². The average molecular weight is 383 g/mol. The number of carboxylic acid groups (broad SMARTS) is 1. The van der Waals surface area contributed by atoms with E-state index in [-0.39, 0.29) is 0 Å². The normalized spacial score (nSPS) is 21.9. The lowest BCUT2D eigenvalue weighted by Crippen LogP contribution is -2.03. The second-order valence-corrected chi connectivity index (χ2v) is 8.94. The Bertz CT molecular complexity index is 578. The molecule has 1 aromatic rings. The molecule has 0 amide bonds. The lowest BCUT2D eigenvalue weighted by Gasteiger charge is -2.14. The third kappa shape index (κ3) is 6.14. The highest BCUT2D eigenvalue weighted by atomic mass is 35.5. The van der Waals surface area contributed by atoms with Gasteiger partial charge in [0.05, 0.1) is 0 Å². The predicted molar refractivity (Wildman–Crippen MR) is 108 cm³/mol. The molecule has 140 valence electrons. The van der Waals surface area contributed by atoms with Gasteiger partial charge in [0.25, 0.3) is 0 Å². The van der Waals surface area contributed by atoms with Crippen molar-refractivity contribution >= 4 is 28.9 Å². The molecule has 1 fully saturated rings. The Morgan fingerprint density at radius 1 is 1.44 bits per heavy atom. The van der Waals surface area contributed by atoms with E-state index in [1.165, 1.54) is 22.6 Å². The van der Waals surface area contributed by atoms with Crippen molar-refractivity contribution in [2.24, 2.45) is 5.92 Å². The Morgan fingerprint density at radius 2 is 2.24 bits per heavy atom. The molecule has 1 aromatic heterocycles. The molecular formula is C21H31ClO2S. The molecule has 0 bridgehead atoms. The van der Waals surface area contributed by atoms with Crippen molar-refractivity contribution in [1.29, 1.82) is 0 Å². The molecular weight excluding hydrogens is 352 g/mol. The molecule has 1 heterocycles. The summed E-state index contributed by atoms with van der Waals surface area (Å²) in [6, 6.07) is 2.15.